The second kappa shape index (κ2) is 6.86. The molecule has 0 aliphatic rings. The summed E-state index contributed by atoms with van der Waals surface area (Å²) in [5, 5.41) is 5.33. The van der Waals surface area contributed by atoms with Crippen molar-refractivity contribution in [1.82, 2.24) is 10.3 Å². The lowest BCUT2D eigenvalue weighted by Gasteiger charge is -2.04. The number of nitrogens with zero attached hydrogens (tertiary/aromatic N) is 1. The summed E-state index contributed by atoms with van der Waals surface area (Å²) in [7, 11) is 0. The average molecular weight is 332 g/mol. The van der Waals surface area contributed by atoms with Gasteiger partial charge in [0.2, 0.25) is 0 Å². The van der Waals surface area contributed by atoms with E-state index in [1.165, 1.54) is 0 Å². The molecule has 0 atom stereocenters. The van der Waals surface area contributed by atoms with Crippen LogP contribution < -0.4 is 10.6 Å². The molecule has 0 saturated heterocycles. The number of aryl methyl sites for hydroxylation is 1. The quantitative estimate of drug-likeness (QED) is 0.894. The Kier molecular flexibility index (Phi) is 4.90. The second-order valence-electron chi connectivity index (χ2n) is 4.18. The molecule has 0 unspecified atom stereocenters. The maximum absolute atomic E-state index is 11.6. The number of anilines is 1. The summed E-state index contributed by atoms with van der Waals surface area (Å²) in [6, 6.07) is 11.1. The van der Waals surface area contributed by atoms with Gasteiger partial charge < -0.3 is 10.6 Å². The van der Waals surface area contributed by atoms with E-state index in [2.05, 4.69) is 31.5 Å². The third kappa shape index (κ3) is 4.51. The third-order valence-electron chi connectivity index (χ3n) is 2.51. The van der Waals surface area contributed by atoms with E-state index in [1.807, 2.05) is 43.3 Å². The van der Waals surface area contributed by atoms with Gasteiger partial charge in [-0.25, -0.2) is 4.79 Å². The molecule has 0 bridgehead atoms. The van der Waals surface area contributed by atoms with Gasteiger partial charge in [0.1, 0.15) is 0 Å². The number of benzene rings is 1. The zero-order chi connectivity index (χ0) is 14.4. The molecule has 2 aromatic rings. The summed E-state index contributed by atoms with van der Waals surface area (Å²) >= 11 is 3.39. The molecule has 1 aromatic carbocycles. The molecule has 0 aliphatic carbocycles. The summed E-state index contributed by atoms with van der Waals surface area (Å²) < 4.78 is 0.995. The van der Waals surface area contributed by atoms with Crippen LogP contribution in [0.5, 0.6) is 0 Å². The SMILES string of the molecule is Cc1ccc(NC(=O)N/C=C/c2cccc(Br)c2)cn1. The normalized spacial score (nSPS) is 10.5. The molecule has 0 saturated carbocycles. The minimum atomic E-state index is -0.304. The molecule has 0 spiro atoms. The molecule has 1 heterocycles. The second-order valence-corrected chi connectivity index (χ2v) is 5.09. The molecule has 5 heteroatoms. The van der Waals surface area contributed by atoms with E-state index in [0.717, 1.165) is 15.7 Å². The fourth-order valence-electron chi connectivity index (χ4n) is 1.53. The monoisotopic (exact) mass is 331 g/mol. The number of urea groups is 1. The first kappa shape index (κ1) is 14.3. The topological polar surface area (TPSA) is 54.0 Å². The van der Waals surface area contributed by atoms with Crippen LogP contribution in [0, 0.1) is 6.92 Å². The van der Waals surface area contributed by atoms with Gasteiger partial charge in [-0.2, -0.15) is 0 Å². The van der Waals surface area contributed by atoms with Gasteiger partial charge in [-0.05, 0) is 42.8 Å². The maximum Gasteiger partial charge on any atom is 0.323 e. The first-order valence-electron chi connectivity index (χ1n) is 6.06. The smallest absolute Gasteiger partial charge is 0.314 e. The van der Waals surface area contributed by atoms with Crippen LogP contribution in [0.3, 0.4) is 0 Å². The third-order valence-corrected chi connectivity index (χ3v) is 3.00. The molecule has 2 rings (SSSR count). The molecule has 2 amide bonds. The maximum atomic E-state index is 11.6. The van der Waals surface area contributed by atoms with Gasteiger partial charge in [-0.1, -0.05) is 28.1 Å². The van der Waals surface area contributed by atoms with E-state index in [1.54, 1.807) is 18.5 Å². The minimum absolute atomic E-state index is 0.304. The highest BCUT2D eigenvalue weighted by Crippen LogP contribution is 2.12. The highest BCUT2D eigenvalue weighted by molar-refractivity contribution is 9.10. The van der Waals surface area contributed by atoms with Crippen LogP contribution in [0.15, 0.2) is 53.3 Å². The van der Waals surface area contributed by atoms with Gasteiger partial charge in [-0.3, -0.25) is 4.98 Å². The first-order valence-corrected chi connectivity index (χ1v) is 6.85. The van der Waals surface area contributed by atoms with Crippen molar-refractivity contribution in [3.05, 3.63) is 64.5 Å². The van der Waals surface area contributed by atoms with Crippen LogP contribution in [-0.2, 0) is 0 Å². The van der Waals surface area contributed by atoms with E-state index in [0.29, 0.717) is 5.69 Å². The number of hydrogen-bond donors (Lipinski definition) is 2. The summed E-state index contributed by atoms with van der Waals surface area (Å²) in [6.07, 6.45) is 5.03. The number of carbonyl (C=O) groups is 1. The van der Waals surface area contributed by atoms with Gasteiger partial charge in [-0.15, -0.1) is 0 Å². The molecule has 20 heavy (non-hydrogen) atoms. The molecular weight excluding hydrogens is 318 g/mol. The zero-order valence-corrected chi connectivity index (χ0v) is 12.5. The molecule has 4 nitrogen and oxygen atoms in total. The van der Waals surface area contributed by atoms with Crippen molar-refractivity contribution in [2.24, 2.45) is 0 Å². The van der Waals surface area contributed by atoms with Gasteiger partial charge in [0, 0.05) is 16.4 Å². The Morgan fingerprint density at radius 1 is 1.30 bits per heavy atom. The van der Waals surface area contributed by atoms with Crippen molar-refractivity contribution >= 4 is 33.7 Å². The number of rotatable bonds is 3. The summed E-state index contributed by atoms with van der Waals surface area (Å²) in [5.74, 6) is 0. The molecule has 0 aliphatic heterocycles. The Balaban J connectivity index is 1.87. The molecule has 2 N–H and O–H groups in total. The predicted octanol–water partition coefficient (Wildman–Crippen LogP) is 3.94. The predicted molar refractivity (Wildman–Crippen MR) is 84.3 cm³/mol. The van der Waals surface area contributed by atoms with Crippen LogP contribution in [-0.4, -0.2) is 11.0 Å². The Morgan fingerprint density at radius 2 is 2.15 bits per heavy atom. The molecule has 1 aromatic heterocycles. The number of carbonyl (C=O) groups excluding carboxylic acids is 1. The Morgan fingerprint density at radius 3 is 2.85 bits per heavy atom. The standard InChI is InChI=1S/C15H14BrN3O/c1-11-5-6-14(10-18-11)19-15(20)17-8-7-12-3-2-4-13(16)9-12/h2-10H,1H3,(H2,17,19,20)/b8-7+. The van der Waals surface area contributed by atoms with E-state index in [4.69, 9.17) is 0 Å². The van der Waals surface area contributed by atoms with Crippen molar-refractivity contribution in [1.29, 1.82) is 0 Å². The van der Waals surface area contributed by atoms with Gasteiger partial charge in [0.25, 0.3) is 0 Å². The molecule has 0 radical (unpaired) electrons. The Hall–Kier alpha value is -2.14. The van der Waals surface area contributed by atoms with Crippen LogP contribution in [0.1, 0.15) is 11.3 Å². The fraction of sp³-hybridized carbons (Fsp3) is 0.0667. The van der Waals surface area contributed by atoms with Gasteiger partial charge in [0.05, 0.1) is 11.9 Å². The van der Waals surface area contributed by atoms with Crippen LogP contribution >= 0.6 is 15.9 Å². The van der Waals surface area contributed by atoms with Crippen molar-refractivity contribution in [2.75, 3.05) is 5.32 Å². The highest BCUT2D eigenvalue weighted by atomic mass is 79.9. The summed E-state index contributed by atoms with van der Waals surface area (Å²) in [6.45, 7) is 1.89. The number of nitrogens with one attached hydrogen (secondary N) is 2. The van der Waals surface area contributed by atoms with Crippen LogP contribution in [0.25, 0.3) is 6.08 Å². The summed E-state index contributed by atoms with van der Waals surface area (Å²) in [5.41, 5.74) is 2.56. The van der Waals surface area contributed by atoms with E-state index >= 15 is 0 Å². The van der Waals surface area contributed by atoms with Gasteiger partial charge in [0.15, 0.2) is 0 Å². The zero-order valence-electron chi connectivity index (χ0n) is 10.9. The fourth-order valence-corrected chi connectivity index (χ4v) is 1.95. The van der Waals surface area contributed by atoms with Crippen molar-refractivity contribution < 1.29 is 4.79 Å². The number of amides is 2. The van der Waals surface area contributed by atoms with Gasteiger partial charge >= 0.3 is 6.03 Å². The van der Waals surface area contributed by atoms with Crippen molar-refractivity contribution in [3.8, 4) is 0 Å². The number of halogens is 1. The molecule has 0 fully saturated rings. The Bertz CT molecular complexity index is 623. The largest absolute Gasteiger partial charge is 0.323 e. The number of pyridine rings is 1. The minimum Gasteiger partial charge on any atom is -0.314 e. The Labute approximate surface area is 126 Å². The molecular formula is C15H14BrN3O. The van der Waals surface area contributed by atoms with E-state index in [9.17, 15) is 4.79 Å². The van der Waals surface area contributed by atoms with Crippen molar-refractivity contribution in [3.63, 3.8) is 0 Å². The average Bonchev–Trinajstić information content (AvgIpc) is 2.41. The van der Waals surface area contributed by atoms with Crippen LogP contribution in [0.2, 0.25) is 0 Å². The van der Waals surface area contributed by atoms with Crippen molar-refractivity contribution in [2.45, 2.75) is 6.92 Å². The highest BCUT2D eigenvalue weighted by Gasteiger charge is 1.98. The summed E-state index contributed by atoms with van der Waals surface area (Å²) in [4.78, 5) is 15.7. The lowest BCUT2D eigenvalue weighted by atomic mass is 10.2. The lowest BCUT2D eigenvalue weighted by Crippen LogP contribution is -2.23. The van der Waals surface area contributed by atoms with E-state index in [-0.39, 0.29) is 6.03 Å². The number of aromatic nitrogens is 1. The lowest BCUT2D eigenvalue weighted by molar-refractivity contribution is 0.255. The van der Waals surface area contributed by atoms with E-state index < -0.39 is 0 Å². The molecule has 102 valence electrons. The van der Waals surface area contributed by atoms with Crippen LogP contribution in [0.4, 0.5) is 10.5 Å². The number of hydrogen-bond acceptors (Lipinski definition) is 2. The first-order chi connectivity index (χ1) is 9.63.